The number of carbonyl (C=O) groups is 1. The lowest BCUT2D eigenvalue weighted by Crippen LogP contribution is -2.60. The summed E-state index contributed by atoms with van der Waals surface area (Å²) in [6.45, 7) is 3.72. The second-order valence-corrected chi connectivity index (χ2v) is 15.8. The second kappa shape index (κ2) is 37.4. The summed E-state index contributed by atoms with van der Waals surface area (Å²) in [6, 6.07) is -0.829. The Bertz CT molecular complexity index is 1010. The Labute approximate surface area is 342 Å². The molecule has 1 heterocycles. The summed E-state index contributed by atoms with van der Waals surface area (Å²) in [5, 5.41) is 54.1. The highest BCUT2D eigenvalue weighted by molar-refractivity contribution is 5.76. The zero-order valence-electron chi connectivity index (χ0n) is 35.6. The van der Waals surface area contributed by atoms with E-state index in [4.69, 9.17) is 9.47 Å². The lowest BCUT2D eigenvalue weighted by Gasteiger charge is -2.40. The number of aliphatic hydroxyl groups is 5. The average Bonchev–Trinajstić information content (AvgIpc) is 3.20. The van der Waals surface area contributed by atoms with Gasteiger partial charge in [0.05, 0.1) is 25.4 Å². The van der Waals surface area contributed by atoms with Crippen molar-refractivity contribution < 1.29 is 39.8 Å². The maximum atomic E-state index is 12.9. The van der Waals surface area contributed by atoms with Crippen molar-refractivity contribution in [3.8, 4) is 0 Å². The molecule has 326 valence electrons. The molecule has 1 aliphatic rings. The van der Waals surface area contributed by atoms with Crippen LogP contribution >= 0.6 is 0 Å². The second-order valence-electron chi connectivity index (χ2n) is 15.8. The molecule has 0 aromatic carbocycles. The van der Waals surface area contributed by atoms with Gasteiger partial charge in [0.2, 0.25) is 5.91 Å². The molecule has 1 amide bonds. The van der Waals surface area contributed by atoms with Crippen molar-refractivity contribution in [3.05, 3.63) is 48.6 Å². The molecular weight excluding hydrogens is 707 g/mol. The number of unbranched alkanes of at least 4 members (excludes halogenated alkanes) is 21. The summed E-state index contributed by atoms with van der Waals surface area (Å²) in [4.78, 5) is 12.9. The molecule has 6 N–H and O–H groups in total. The maximum Gasteiger partial charge on any atom is 0.220 e. The molecule has 9 heteroatoms. The number of amides is 1. The van der Waals surface area contributed by atoms with E-state index in [1.54, 1.807) is 6.08 Å². The van der Waals surface area contributed by atoms with E-state index < -0.39 is 49.5 Å². The molecule has 0 spiro atoms. The molecule has 7 unspecified atom stereocenters. The lowest BCUT2D eigenvalue weighted by atomic mass is 9.99. The quantitative estimate of drug-likeness (QED) is 0.0269. The zero-order valence-corrected chi connectivity index (χ0v) is 35.6. The van der Waals surface area contributed by atoms with Crippen LogP contribution in [0, 0.1) is 0 Å². The van der Waals surface area contributed by atoms with Gasteiger partial charge in [-0.15, -0.1) is 0 Å². The van der Waals surface area contributed by atoms with E-state index in [9.17, 15) is 30.3 Å². The van der Waals surface area contributed by atoms with Gasteiger partial charge in [0, 0.05) is 6.42 Å². The summed E-state index contributed by atoms with van der Waals surface area (Å²) in [7, 11) is 0. The third kappa shape index (κ3) is 27.7. The number of aliphatic hydroxyl groups excluding tert-OH is 5. The highest BCUT2D eigenvalue weighted by atomic mass is 16.7. The van der Waals surface area contributed by atoms with E-state index in [1.165, 1.54) is 103 Å². The molecule has 0 aromatic rings. The summed E-state index contributed by atoms with van der Waals surface area (Å²) >= 11 is 0. The molecule has 1 rings (SSSR count). The fourth-order valence-electron chi connectivity index (χ4n) is 6.89. The van der Waals surface area contributed by atoms with Crippen LogP contribution in [0.25, 0.3) is 0 Å². The summed E-state index contributed by atoms with van der Waals surface area (Å²) in [5.41, 5.74) is 0. The smallest absolute Gasteiger partial charge is 0.220 e. The Morgan fingerprint density at radius 2 is 1.02 bits per heavy atom. The average molecular weight is 792 g/mol. The fraction of sp³-hybridized carbons (Fsp3) is 0.809. The van der Waals surface area contributed by atoms with Crippen LogP contribution in [0.4, 0.5) is 0 Å². The normalized spacial score (nSPS) is 21.6. The Kier molecular flexibility index (Phi) is 34.9. The van der Waals surface area contributed by atoms with Crippen molar-refractivity contribution >= 4 is 5.91 Å². The highest BCUT2D eigenvalue weighted by Gasteiger charge is 2.44. The predicted octanol–water partition coefficient (Wildman–Crippen LogP) is 9.45. The van der Waals surface area contributed by atoms with Gasteiger partial charge in [-0.2, -0.15) is 0 Å². The maximum absolute atomic E-state index is 12.9. The Morgan fingerprint density at radius 1 is 0.589 bits per heavy atom. The van der Waals surface area contributed by atoms with Gasteiger partial charge in [-0.3, -0.25) is 4.79 Å². The van der Waals surface area contributed by atoms with Crippen LogP contribution in [0.3, 0.4) is 0 Å². The van der Waals surface area contributed by atoms with Crippen molar-refractivity contribution in [2.45, 2.75) is 230 Å². The van der Waals surface area contributed by atoms with Crippen molar-refractivity contribution in [1.82, 2.24) is 5.32 Å². The lowest BCUT2D eigenvalue weighted by molar-refractivity contribution is -0.302. The summed E-state index contributed by atoms with van der Waals surface area (Å²) < 4.78 is 11.2. The van der Waals surface area contributed by atoms with Crippen molar-refractivity contribution in [3.63, 3.8) is 0 Å². The molecule has 56 heavy (non-hydrogen) atoms. The number of rotatable bonds is 37. The number of allylic oxidation sites excluding steroid dienone is 7. The molecule has 0 radical (unpaired) electrons. The summed E-state index contributed by atoms with van der Waals surface area (Å²) in [5.74, 6) is -0.198. The van der Waals surface area contributed by atoms with Gasteiger partial charge in [0.1, 0.15) is 24.4 Å². The van der Waals surface area contributed by atoms with Crippen LogP contribution < -0.4 is 5.32 Å². The first-order chi connectivity index (χ1) is 27.3. The van der Waals surface area contributed by atoms with Gasteiger partial charge in [-0.1, -0.05) is 159 Å². The Balaban J connectivity index is 2.40. The van der Waals surface area contributed by atoms with Crippen LogP contribution in [-0.4, -0.2) is 87.5 Å². The third-order valence-electron chi connectivity index (χ3n) is 10.6. The van der Waals surface area contributed by atoms with Gasteiger partial charge < -0.3 is 40.3 Å². The van der Waals surface area contributed by atoms with Gasteiger partial charge >= 0.3 is 0 Å². The van der Waals surface area contributed by atoms with Crippen molar-refractivity contribution in [2.24, 2.45) is 0 Å². The van der Waals surface area contributed by atoms with Crippen molar-refractivity contribution in [2.75, 3.05) is 13.2 Å². The van der Waals surface area contributed by atoms with E-state index in [1.807, 2.05) is 6.08 Å². The number of nitrogens with one attached hydrogen (secondary N) is 1. The number of ether oxygens (including phenoxy) is 2. The molecule has 7 atom stereocenters. The molecule has 0 saturated carbocycles. The monoisotopic (exact) mass is 792 g/mol. The first kappa shape index (κ1) is 52.2. The van der Waals surface area contributed by atoms with Crippen LogP contribution in [0.1, 0.15) is 187 Å². The minimum atomic E-state index is -1.57. The minimum Gasteiger partial charge on any atom is -0.394 e. The number of carbonyl (C=O) groups excluding carboxylic acids is 1. The molecule has 0 bridgehead atoms. The van der Waals surface area contributed by atoms with E-state index in [0.717, 1.165) is 64.2 Å². The van der Waals surface area contributed by atoms with Crippen LogP contribution in [0.2, 0.25) is 0 Å². The first-order valence-electron chi connectivity index (χ1n) is 22.9. The molecular formula is C47H85NO8. The minimum absolute atomic E-state index is 0.198. The Hall–Kier alpha value is -1.85. The molecule has 1 aliphatic heterocycles. The zero-order chi connectivity index (χ0) is 40.9. The van der Waals surface area contributed by atoms with Gasteiger partial charge in [0.25, 0.3) is 0 Å². The standard InChI is InChI=1S/C47H85NO8/c1-3-5-7-9-11-13-15-17-19-20-21-23-25-27-29-31-33-35-37-43(51)48-40(39-55-47-46(54)45(53)44(52)42(38-49)56-47)41(50)36-34-32-30-28-26-24-22-18-16-14-12-10-8-6-4-2/h16,18-20,26,28,34,36,40-42,44-47,49-50,52-54H,3-15,17,21-25,27,29-33,35,37-39H2,1-2H3,(H,48,51)/b18-16+,20-19-,28-26+,36-34+. The number of hydrogen-bond acceptors (Lipinski definition) is 8. The van der Waals surface area contributed by atoms with Crippen LogP contribution in [0.15, 0.2) is 48.6 Å². The Morgan fingerprint density at radius 3 is 1.50 bits per heavy atom. The molecule has 9 nitrogen and oxygen atoms in total. The first-order valence-corrected chi connectivity index (χ1v) is 22.9. The van der Waals surface area contributed by atoms with E-state index >= 15 is 0 Å². The molecule has 1 fully saturated rings. The van der Waals surface area contributed by atoms with E-state index in [2.05, 4.69) is 55.6 Å². The largest absolute Gasteiger partial charge is 0.394 e. The predicted molar refractivity (Wildman–Crippen MR) is 230 cm³/mol. The van der Waals surface area contributed by atoms with E-state index in [0.29, 0.717) is 6.42 Å². The van der Waals surface area contributed by atoms with Crippen LogP contribution in [-0.2, 0) is 14.3 Å². The molecule has 0 aromatic heterocycles. The van der Waals surface area contributed by atoms with E-state index in [-0.39, 0.29) is 12.5 Å². The van der Waals surface area contributed by atoms with Gasteiger partial charge in [0.15, 0.2) is 6.29 Å². The van der Waals surface area contributed by atoms with Gasteiger partial charge in [-0.25, -0.2) is 0 Å². The third-order valence-corrected chi connectivity index (χ3v) is 10.6. The topological polar surface area (TPSA) is 149 Å². The molecule has 0 aliphatic carbocycles. The summed E-state index contributed by atoms with van der Waals surface area (Å²) in [6.07, 6.45) is 40.1. The highest BCUT2D eigenvalue weighted by Crippen LogP contribution is 2.22. The molecule has 1 saturated heterocycles. The number of hydrogen-bond donors (Lipinski definition) is 6. The SMILES string of the molecule is CCCCCCC/C=C/CC/C=C/CC/C=C/C(O)C(COC1OC(CO)C(O)C(O)C1O)NC(=O)CCCCCCCCC/C=C\CCCCCCCCC. The van der Waals surface area contributed by atoms with Crippen molar-refractivity contribution in [1.29, 1.82) is 0 Å². The van der Waals surface area contributed by atoms with Gasteiger partial charge in [-0.05, 0) is 70.6 Å². The van der Waals surface area contributed by atoms with Crippen LogP contribution in [0.5, 0.6) is 0 Å². The fourth-order valence-corrected chi connectivity index (χ4v) is 6.89.